The van der Waals surface area contributed by atoms with Crippen LogP contribution >= 0.6 is 24.2 Å². The van der Waals surface area contributed by atoms with Crippen LogP contribution in [-0.2, 0) is 19.2 Å². The van der Waals surface area contributed by atoms with Gasteiger partial charge in [0.2, 0.25) is 17.7 Å². The minimum Gasteiger partial charge on any atom is -0.481 e. The van der Waals surface area contributed by atoms with Gasteiger partial charge >= 0.3 is 5.97 Å². The topological polar surface area (TPSA) is 165 Å². The van der Waals surface area contributed by atoms with E-state index in [1.807, 2.05) is 20.1 Å². The van der Waals surface area contributed by atoms with Gasteiger partial charge in [-0.15, -0.1) is 12.4 Å². The Kier molecular flexibility index (Phi) is 14.0. The molecule has 0 aromatic rings. The van der Waals surface area contributed by atoms with E-state index in [2.05, 4.69) is 10.6 Å². The van der Waals surface area contributed by atoms with Crippen LogP contribution in [0.4, 0.5) is 0 Å². The molecule has 3 amide bonds. The third kappa shape index (κ3) is 11.2. The molecular weight excluding hydrogens is 384 g/mol. The average Bonchev–Trinajstić information content (AvgIpc) is 2.49. The van der Waals surface area contributed by atoms with Crippen LogP contribution in [0, 0.1) is 5.92 Å². The number of hydrogen-bond acceptors (Lipinski definition) is 6. The van der Waals surface area contributed by atoms with E-state index in [1.165, 1.54) is 11.8 Å². The molecule has 152 valence electrons. The molecule has 0 spiro atoms. The van der Waals surface area contributed by atoms with Gasteiger partial charge in [0.05, 0.1) is 12.5 Å². The number of primary amides is 1. The van der Waals surface area contributed by atoms with Crippen molar-refractivity contribution in [2.45, 2.75) is 51.2 Å². The number of carbonyl (C=O) groups excluding carboxylic acids is 3. The Morgan fingerprint density at radius 1 is 1.08 bits per heavy atom. The lowest BCUT2D eigenvalue weighted by Crippen LogP contribution is -2.56. The molecule has 0 aliphatic heterocycles. The van der Waals surface area contributed by atoms with Gasteiger partial charge < -0.3 is 27.2 Å². The molecule has 0 aliphatic carbocycles. The standard InChI is InChI=1S/C15H28N4O5S.ClH/c1-8(2)6-10(13(17)22)18-15(24)11(7-12(20)21)19-14(23)9(16)4-5-25-3;/h8-11H,4-7,16H2,1-3H3,(H2,17,22)(H,18,24)(H,19,23)(H,20,21);1H/t9-,10+,11-;/m0./s1. The quantitative estimate of drug-likeness (QED) is 0.287. The van der Waals surface area contributed by atoms with Crippen molar-refractivity contribution in [1.82, 2.24) is 10.6 Å². The number of carboxylic acids is 1. The van der Waals surface area contributed by atoms with Crippen molar-refractivity contribution in [3.63, 3.8) is 0 Å². The Morgan fingerprint density at radius 2 is 1.62 bits per heavy atom. The van der Waals surface area contributed by atoms with Crippen LogP contribution in [0.25, 0.3) is 0 Å². The average molecular weight is 413 g/mol. The molecular formula is C15H29ClN4O5S. The van der Waals surface area contributed by atoms with Gasteiger partial charge in [0.15, 0.2) is 0 Å². The first-order valence-electron chi connectivity index (χ1n) is 7.94. The predicted octanol–water partition coefficient (Wildman–Crippen LogP) is -0.536. The number of rotatable bonds is 12. The third-order valence-electron chi connectivity index (χ3n) is 3.35. The van der Waals surface area contributed by atoms with E-state index in [4.69, 9.17) is 16.6 Å². The van der Waals surface area contributed by atoms with Crippen LogP contribution in [0.5, 0.6) is 0 Å². The highest BCUT2D eigenvalue weighted by Gasteiger charge is 2.29. The number of nitrogens with one attached hydrogen (secondary N) is 2. The number of nitrogens with two attached hydrogens (primary N) is 2. The van der Waals surface area contributed by atoms with Gasteiger partial charge in [-0.1, -0.05) is 13.8 Å². The first kappa shape index (κ1) is 26.7. The SMILES string of the molecule is CSCC[C@H](N)C(=O)N[C@@H](CC(=O)O)C(=O)N[C@H](CC(C)C)C(N)=O.Cl. The second-order valence-electron chi connectivity index (χ2n) is 6.14. The predicted molar refractivity (Wildman–Crippen MR) is 103 cm³/mol. The fourth-order valence-corrected chi connectivity index (χ4v) is 2.52. The van der Waals surface area contributed by atoms with E-state index in [0.29, 0.717) is 18.6 Å². The fraction of sp³-hybridized carbons (Fsp3) is 0.733. The monoisotopic (exact) mass is 412 g/mol. The number of amides is 3. The van der Waals surface area contributed by atoms with E-state index >= 15 is 0 Å². The second-order valence-corrected chi connectivity index (χ2v) is 7.13. The van der Waals surface area contributed by atoms with E-state index < -0.39 is 48.2 Å². The largest absolute Gasteiger partial charge is 0.481 e. The van der Waals surface area contributed by atoms with Crippen molar-refractivity contribution in [2.75, 3.05) is 12.0 Å². The molecule has 0 fully saturated rings. The van der Waals surface area contributed by atoms with Crippen LogP contribution in [0.3, 0.4) is 0 Å². The molecule has 11 heteroatoms. The molecule has 0 aromatic carbocycles. The summed E-state index contributed by atoms with van der Waals surface area (Å²) < 4.78 is 0. The smallest absolute Gasteiger partial charge is 0.305 e. The van der Waals surface area contributed by atoms with E-state index in [0.717, 1.165) is 0 Å². The lowest BCUT2D eigenvalue weighted by atomic mass is 10.0. The van der Waals surface area contributed by atoms with Gasteiger partial charge in [0, 0.05) is 0 Å². The molecule has 0 aliphatic rings. The summed E-state index contributed by atoms with van der Waals surface area (Å²) in [4.78, 5) is 46.8. The molecule has 26 heavy (non-hydrogen) atoms. The zero-order chi connectivity index (χ0) is 19.6. The van der Waals surface area contributed by atoms with Crippen LogP contribution in [0.2, 0.25) is 0 Å². The molecule has 0 radical (unpaired) electrons. The first-order chi connectivity index (χ1) is 11.6. The van der Waals surface area contributed by atoms with Crippen LogP contribution in [0.15, 0.2) is 0 Å². The number of thioether (sulfide) groups is 1. The highest BCUT2D eigenvalue weighted by molar-refractivity contribution is 7.98. The van der Waals surface area contributed by atoms with Crippen LogP contribution < -0.4 is 22.1 Å². The molecule has 0 saturated heterocycles. The number of hydrogen-bond donors (Lipinski definition) is 5. The number of aliphatic carboxylic acids is 1. The normalized spacial score (nSPS) is 13.9. The lowest BCUT2D eigenvalue weighted by molar-refractivity contribution is -0.141. The molecule has 0 saturated carbocycles. The summed E-state index contributed by atoms with van der Waals surface area (Å²) in [5.74, 6) is -2.64. The number of halogens is 1. The van der Waals surface area contributed by atoms with Gasteiger partial charge in [-0.3, -0.25) is 19.2 Å². The Balaban J connectivity index is 0. The van der Waals surface area contributed by atoms with Crippen LogP contribution in [-0.4, -0.2) is 58.9 Å². The molecule has 0 aromatic heterocycles. The first-order valence-corrected chi connectivity index (χ1v) is 9.34. The van der Waals surface area contributed by atoms with E-state index in [1.54, 1.807) is 0 Å². The lowest BCUT2D eigenvalue weighted by Gasteiger charge is -2.23. The molecule has 7 N–H and O–H groups in total. The van der Waals surface area contributed by atoms with Crippen molar-refractivity contribution in [3.8, 4) is 0 Å². The third-order valence-corrected chi connectivity index (χ3v) is 3.99. The molecule has 0 rings (SSSR count). The minimum atomic E-state index is -1.33. The van der Waals surface area contributed by atoms with Gasteiger partial charge in [0.25, 0.3) is 0 Å². The van der Waals surface area contributed by atoms with Gasteiger partial charge in [-0.25, -0.2) is 0 Å². The summed E-state index contributed by atoms with van der Waals surface area (Å²) in [6, 6.07) is -3.12. The summed E-state index contributed by atoms with van der Waals surface area (Å²) in [5, 5.41) is 13.7. The van der Waals surface area contributed by atoms with E-state index in [9.17, 15) is 19.2 Å². The zero-order valence-electron chi connectivity index (χ0n) is 15.2. The zero-order valence-corrected chi connectivity index (χ0v) is 16.8. The summed E-state index contributed by atoms with van der Waals surface area (Å²) in [5.41, 5.74) is 11.0. The minimum absolute atomic E-state index is 0. The summed E-state index contributed by atoms with van der Waals surface area (Å²) in [7, 11) is 0. The maximum Gasteiger partial charge on any atom is 0.305 e. The molecule has 9 nitrogen and oxygen atoms in total. The number of carboxylic acid groups (broad SMARTS) is 1. The molecule has 0 heterocycles. The maximum absolute atomic E-state index is 12.3. The molecule has 0 unspecified atom stereocenters. The second kappa shape index (κ2) is 13.7. The van der Waals surface area contributed by atoms with Crippen molar-refractivity contribution < 1.29 is 24.3 Å². The Bertz CT molecular complexity index is 493. The summed E-state index contributed by atoms with van der Waals surface area (Å²) >= 11 is 1.52. The Hall–Kier alpha value is -1.52. The van der Waals surface area contributed by atoms with Crippen molar-refractivity contribution in [2.24, 2.45) is 17.4 Å². The number of carbonyl (C=O) groups is 4. The van der Waals surface area contributed by atoms with Gasteiger partial charge in [-0.2, -0.15) is 11.8 Å². The summed E-state index contributed by atoms with van der Waals surface area (Å²) in [6.07, 6.45) is 1.94. The van der Waals surface area contributed by atoms with Gasteiger partial charge in [-0.05, 0) is 30.8 Å². The Labute approximate surface area is 163 Å². The molecule has 0 bridgehead atoms. The highest BCUT2D eigenvalue weighted by atomic mass is 35.5. The maximum atomic E-state index is 12.3. The van der Waals surface area contributed by atoms with Crippen LogP contribution in [0.1, 0.15) is 33.1 Å². The van der Waals surface area contributed by atoms with E-state index in [-0.39, 0.29) is 18.3 Å². The fourth-order valence-electron chi connectivity index (χ4n) is 2.03. The Morgan fingerprint density at radius 3 is 2.04 bits per heavy atom. The highest BCUT2D eigenvalue weighted by Crippen LogP contribution is 2.06. The summed E-state index contributed by atoms with van der Waals surface area (Å²) in [6.45, 7) is 3.70. The van der Waals surface area contributed by atoms with Crippen molar-refractivity contribution in [1.29, 1.82) is 0 Å². The van der Waals surface area contributed by atoms with Crippen molar-refractivity contribution in [3.05, 3.63) is 0 Å². The van der Waals surface area contributed by atoms with Crippen molar-refractivity contribution >= 4 is 47.9 Å². The van der Waals surface area contributed by atoms with Gasteiger partial charge in [0.1, 0.15) is 12.1 Å². The molecule has 3 atom stereocenters.